The second kappa shape index (κ2) is 6.23. The number of aromatic nitrogens is 2. The van der Waals surface area contributed by atoms with Crippen LogP contribution in [0.2, 0.25) is 0 Å². The first-order valence-electron chi connectivity index (χ1n) is 7.60. The highest BCUT2D eigenvalue weighted by atomic mass is 19.4. The molecule has 7 heteroatoms. The molecular formula is C16H18F3N3O. The Morgan fingerprint density at radius 1 is 1.35 bits per heavy atom. The van der Waals surface area contributed by atoms with E-state index >= 15 is 0 Å². The molecule has 124 valence electrons. The summed E-state index contributed by atoms with van der Waals surface area (Å²) in [4.78, 5) is 0. The zero-order chi connectivity index (χ0) is 16.4. The van der Waals surface area contributed by atoms with Gasteiger partial charge in [0.25, 0.3) is 0 Å². The van der Waals surface area contributed by atoms with Crippen molar-refractivity contribution in [2.24, 2.45) is 0 Å². The molecule has 2 heterocycles. The predicted molar refractivity (Wildman–Crippen MR) is 81.0 cm³/mol. The molecule has 1 N–H and O–H groups in total. The van der Waals surface area contributed by atoms with Gasteiger partial charge < -0.3 is 10.1 Å². The highest BCUT2D eigenvalue weighted by Gasteiger charge is 2.31. The molecule has 0 spiro atoms. The molecule has 0 bridgehead atoms. The van der Waals surface area contributed by atoms with E-state index in [1.165, 1.54) is 6.07 Å². The zero-order valence-electron chi connectivity index (χ0n) is 12.8. The van der Waals surface area contributed by atoms with Crippen molar-refractivity contribution in [1.29, 1.82) is 0 Å². The first-order valence-corrected chi connectivity index (χ1v) is 7.60. The fraction of sp³-hybridized carbons (Fsp3) is 0.438. The summed E-state index contributed by atoms with van der Waals surface area (Å²) in [6.45, 7) is 3.89. The lowest BCUT2D eigenvalue weighted by Crippen LogP contribution is -2.09. The fourth-order valence-electron chi connectivity index (χ4n) is 2.76. The van der Waals surface area contributed by atoms with Gasteiger partial charge in [0.1, 0.15) is 5.82 Å². The van der Waals surface area contributed by atoms with Crippen molar-refractivity contribution in [2.75, 3.05) is 25.1 Å². The molecule has 4 nitrogen and oxygen atoms in total. The average molecular weight is 325 g/mol. The number of nitrogens with zero attached hydrogens (tertiary/aromatic N) is 2. The number of nitrogens with one attached hydrogen (secondary N) is 1. The zero-order valence-corrected chi connectivity index (χ0v) is 12.8. The third kappa shape index (κ3) is 3.19. The molecule has 3 rings (SSSR count). The number of alkyl halides is 3. The molecule has 1 aliphatic rings. The number of benzene rings is 1. The van der Waals surface area contributed by atoms with Crippen LogP contribution in [0.15, 0.2) is 24.3 Å². The highest BCUT2D eigenvalue weighted by molar-refractivity contribution is 5.57. The number of ether oxygens (including phenoxy) is 1. The van der Waals surface area contributed by atoms with Crippen LogP contribution < -0.4 is 5.32 Å². The fourth-order valence-corrected chi connectivity index (χ4v) is 2.76. The van der Waals surface area contributed by atoms with Crippen LogP contribution in [0.25, 0.3) is 5.69 Å². The molecule has 1 aliphatic heterocycles. The SMILES string of the molecule is CCOCCc1nn(-c2cccc(C(F)(F)F)c2)c2c1CCN2. The Hall–Kier alpha value is -2.02. The van der Waals surface area contributed by atoms with Crippen LogP contribution >= 0.6 is 0 Å². The van der Waals surface area contributed by atoms with E-state index in [-0.39, 0.29) is 0 Å². The van der Waals surface area contributed by atoms with Gasteiger partial charge in [0.2, 0.25) is 0 Å². The summed E-state index contributed by atoms with van der Waals surface area (Å²) in [5, 5.41) is 7.72. The van der Waals surface area contributed by atoms with Gasteiger partial charge in [0.15, 0.2) is 0 Å². The maximum absolute atomic E-state index is 12.9. The van der Waals surface area contributed by atoms with E-state index < -0.39 is 11.7 Å². The molecule has 23 heavy (non-hydrogen) atoms. The Morgan fingerprint density at radius 3 is 2.91 bits per heavy atom. The topological polar surface area (TPSA) is 39.1 Å². The molecule has 1 aromatic carbocycles. The second-order valence-electron chi connectivity index (χ2n) is 5.36. The first kappa shape index (κ1) is 15.9. The van der Waals surface area contributed by atoms with Crippen molar-refractivity contribution in [3.63, 3.8) is 0 Å². The summed E-state index contributed by atoms with van der Waals surface area (Å²) in [6, 6.07) is 5.23. The van der Waals surface area contributed by atoms with Gasteiger partial charge in [-0.05, 0) is 31.5 Å². The second-order valence-corrected chi connectivity index (χ2v) is 5.36. The number of hydrogen-bond donors (Lipinski definition) is 1. The standard InChI is InChI=1S/C16H18F3N3O/c1-2-23-9-7-14-13-6-8-20-15(13)22(21-14)12-5-3-4-11(10-12)16(17,18)19/h3-5,10,20H,2,6-9H2,1H3. The molecule has 2 aromatic rings. The van der Waals surface area contributed by atoms with Gasteiger partial charge in [-0.1, -0.05) is 6.07 Å². The van der Waals surface area contributed by atoms with Crippen LogP contribution in [0, 0.1) is 0 Å². The van der Waals surface area contributed by atoms with Crippen LogP contribution in [-0.2, 0) is 23.8 Å². The van der Waals surface area contributed by atoms with Crippen LogP contribution in [0.1, 0.15) is 23.7 Å². The van der Waals surface area contributed by atoms with Crippen LogP contribution in [0.5, 0.6) is 0 Å². The molecule has 0 amide bonds. The number of fused-ring (bicyclic) bond motifs is 1. The third-order valence-electron chi connectivity index (χ3n) is 3.84. The summed E-state index contributed by atoms with van der Waals surface area (Å²) >= 11 is 0. The normalized spacial score (nSPS) is 13.9. The van der Waals surface area contributed by atoms with E-state index in [0.717, 1.165) is 42.2 Å². The van der Waals surface area contributed by atoms with Crippen molar-refractivity contribution >= 4 is 5.82 Å². The molecule has 0 atom stereocenters. The molecule has 0 radical (unpaired) electrons. The lowest BCUT2D eigenvalue weighted by atomic mass is 10.1. The highest BCUT2D eigenvalue weighted by Crippen LogP contribution is 2.33. The van der Waals surface area contributed by atoms with Gasteiger partial charge in [-0.3, -0.25) is 0 Å². The van der Waals surface area contributed by atoms with Gasteiger partial charge >= 0.3 is 6.18 Å². The number of halogens is 3. The van der Waals surface area contributed by atoms with Crippen LogP contribution in [0.4, 0.5) is 19.0 Å². The number of anilines is 1. The van der Waals surface area contributed by atoms with Gasteiger partial charge in [-0.2, -0.15) is 18.3 Å². The van der Waals surface area contributed by atoms with Crippen molar-refractivity contribution in [1.82, 2.24) is 9.78 Å². The monoisotopic (exact) mass is 325 g/mol. The van der Waals surface area contributed by atoms with E-state index in [4.69, 9.17) is 4.74 Å². The molecular weight excluding hydrogens is 307 g/mol. The van der Waals surface area contributed by atoms with E-state index in [9.17, 15) is 13.2 Å². The van der Waals surface area contributed by atoms with E-state index in [1.54, 1.807) is 10.7 Å². The van der Waals surface area contributed by atoms with Crippen molar-refractivity contribution < 1.29 is 17.9 Å². The maximum Gasteiger partial charge on any atom is 0.416 e. The van der Waals surface area contributed by atoms with E-state index in [0.29, 0.717) is 25.3 Å². The van der Waals surface area contributed by atoms with E-state index in [2.05, 4.69) is 10.4 Å². The van der Waals surface area contributed by atoms with Crippen molar-refractivity contribution in [2.45, 2.75) is 25.9 Å². The Balaban J connectivity index is 1.96. The summed E-state index contributed by atoms with van der Waals surface area (Å²) in [5.41, 5.74) is 1.69. The minimum absolute atomic E-state index is 0.410. The van der Waals surface area contributed by atoms with Gasteiger partial charge in [0.05, 0.1) is 23.6 Å². The largest absolute Gasteiger partial charge is 0.416 e. The van der Waals surface area contributed by atoms with Gasteiger partial charge in [-0.25, -0.2) is 4.68 Å². The van der Waals surface area contributed by atoms with Gasteiger partial charge in [-0.15, -0.1) is 0 Å². The van der Waals surface area contributed by atoms with Crippen molar-refractivity contribution in [3.05, 3.63) is 41.1 Å². The Bertz CT molecular complexity index is 694. The Kier molecular flexibility index (Phi) is 4.30. The summed E-state index contributed by atoms with van der Waals surface area (Å²) in [5.74, 6) is 0.788. The lowest BCUT2D eigenvalue weighted by molar-refractivity contribution is -0.137. The minimum atomic E-state index is -4.36. The van der Waals surface area contributed by atoms with E-state index in [1.807, 2.05) is 6.92 Å². The third-order valence-corrected chi connectivity index (χ3v) is 3.84. The quantitative estimate of drug-likeness (QED) is 0.856. The Morgan fingerprint density at radius 2 is 2.17 bits per heavy atom. The van der Waals surface area contributed by atoms with Crippen molar-refractivity contribution in [3.8, 4) is 5.69 Å². The molecule has 0 saturated heterocycles. The Labute approximate surface area is 132 Å². The minimum Gasteiger partial charge on any atom is -0.381 e. The molecule has 0 fully saturated rings. The molecule has 0 saturated carbocycles. The summed E-state index contributed by atoms with van der Waals surface area (Å²) in [7, 11) is 0. The van der Waals surface area contributed by atoms with Gasteiger partial charge in [0, 0.05) is 25.1 Å². The van der Waals surface area contributed by atoms with Crippen LogP contribution in [-0.4, -0.2) is 29.5 Å². The smallest absolute Gasteiger partial charge is 0.381 e. The molecule has 1 aromatic heterocycles. The first-order chi connectivity index (χ1) is 11.0. The predicted octanol–water partition coefficient (Wildman–Crippen LogP) is 3.44. The number of hydrogen-bond acceptors (Lipinski definition) is 3. The summed E-state index contributed by atoms with van der Waals surface area (Å²) in [6.07, 6.45) is -2.88. The number of rotatable bonds is 5. The van der Waals surface area contributed by atoms with Crippen LogP contribution in [0.3, 0.4) is 0 Å². The molecule has 0 unspecified atom stereocenters. The molecule has 0 aliphatic carbocycles. The summed E-state index contributed by atoms with van der Waals surface area (Å²) < 4.78 is 45.6. The maximum atomic E-state index is 12.9. The average Bonchev–Trinajstić information content (AvgIpc) is 3.10. The lowest BCUT2D eigenvalue weighted by Gasteiger charge is -2.10.